The molecular weight excluding hydrogens is 510 g/mol. The molecule has 2 atom stereocenters. The molecule has 4 aromatic rings. The first kappa shape index (κ1) is 25.3. The van der Waals surface area contributed by atoms with Gasteiger partial charge in [0.1, 0.15) is 25.7 Å². The number of benzene rings is 4. The molecule has 0 saturated carbocycles. The van der Waals surface area contributed by atoms with Gasteiger partial charge in [0.05, 0.1) is 29.4 Å². The quantitative estimate of drug-likeness (QED) is 0.396. The number of ether oxygens (including phenoxy) is 1. The van der Waals surface area contributed by atoms with Crippen LogP contribution in [0.4, 0.5) is 11.4 Å². The number of halogens is 1. The summed E-state index contributed by atoms with van der Waals surface area (Å²) >= 11 is 6.68. The van der Waals surface area contributed by atoms with Gasteiger partial charge in [-0.15, -0.1) is 0 Å². The number of anilines is 2. The van der Waals surface area contributed by atoms with Gasteiger partial charge in [0.25, 0.3) is 11.8 Å². The van der Waals surface area contributed by atoms with Gasteiger partial charge in [0.15, 0.2) is 0 Å². The van der Waals surface area contributed by atoms with Crippen LogP contribution in [0.25, 0.3) is 11.1 Å². The number of quaternary nitrogens is 1. The van der Waals surface area contributed by atoms with Crippen molar-refractivity contribution in [1.82, 2.24) is 0 Å². The molecule has 6 rings (SSSR count). The molecule has 4 aromatic carbocycles. The summed E-state index contributed by atoms with van der Waals surface area (Å²) in [4.78, 5) is 30.4. The molecule has 2 aliphatic rings. The third-order valence-corrected chi connectivity index (χ3v) is 7.84. The Balaban J connectivity index is 1.25. The average Bonchev–Trinajstić information content (AvgIpc) is 3.14. The molecule has 0 bridgehead atoms. The summed E-state index contributed by atoms with van der Waals surface area (Å²) in [5.41, 5.74) is 5.34. The number of rotatable bonds is 4. The number of fused-ring (bicyclic) bond motifs is 2. The maximum atomic E-state index is 13.9. The van der Waals surface area contributed by atoms with E-state index in [1.165, 1.54) is 4.90 Å². The van der Waals surface area contributed by atoms with E-state index in [4.69, 9.17) is 16.3 Å². The van der Waals surface area contributed by atoms with E-state index in [0.717, 1.165) is 42.1 Å². The van der Waals surface area contributed by atoms with Gasteiger partial charge in [-0.25, -0.2) is 0 Å². The summed E-state index contributed by atoms with van der Waals surface area (Å²) < 4.78 is 5.75. The van der Waals surface area contributed by atoms with Gasteiger partial charge in [-0.2, -0.15) is 0 Å². The Morgan fingerprint density at radius 2 is 1.67 bits per heavy atom. The lowest BCUT2D eigenvalue weighted by molar-refractivity contribution is -0.944. The van der Waals surface area contributed by atoms with Crippen LogP contribution in [0.5, 0.6) is 0 Å². The third-order valence-electron chi connectivity index (χ3n) is 7.53. The van der Waals surface area contributed by atoms with Crippen LogP contribution in [-0.4, -0.2) is 44.2 Å². The number of carbonyl (C=O) groups is 2. The molecule has 0 aromatic heterocycles. The first-order valence-corrected chi connectivity index (χ1v) is 13.5. The lowest BCUT2D eigenvalue weighted by Crippen LogP contribution is -3.17. The van der Waals surface area contributed by atoms with Gasteiger partial charge in [-0.1, -0.05) is 78.3 Å². The summed E-state index contributed by atoms with van der Waals surface area (Å²) in [6.07, 6.45) is 0. The smallest absolute Gasteiger partial charge is 0.260 e. The highest BCUT2D eigenvalue weighted by Crippen LogP contribution is 2.29. The van der Waals surface area contributed by atoms with Crippen LogP contribution < -0.4 is 15.1 Å². The van der Waals surface area contributed by atoms with Crippen LogP contribution in [0, 0.1) is 0 Å². The number of nitrogens with zero attached hydrogens (tertiary/aromatic N) is 1. The topological polar surface area (TPSA) is 63.1 Å². The SMILES string of the molecule is O=C(Nc1ccc(C(=O)N2CC3COCC[NH+]3Cc3ccccc32)c(Cl)c1)c1ccccc1-c1ccccc1. The van der Waals surface area contributed by atoms with E-state index in [1.807, 2.05) is 71.6 Å². The zero-order valence-corrected chi connectivity index (χ0v) is 22.2. The minimum atomic E-state index is -0.244. The van der Waals surface area contributed by atoms with E-state index in [9.17, 15) is 9.59 Å². The maximum Gasteiger partial charge on any atom is 0.260 e. The molecule has 39 heavy (non-hydrogen) atoms. The minimum Gasteiger partial charge on any atom is -0.369 e. The van der Waals surface area contributed by atoms with Crippen LogP contribution in [0.1, 0.15) is 26.3 Å². The van der Waals surface area contributed by atoms with Crippen LogP contribution in [0.3, 0.4) is 0 Å². The molecule has 2 N–H and O–H groups in total. The number of carbonyl (C=O) groups excluding carboxylic acids is 2. The highest BCUT2D eigenvalue weighted by atomic mass is 35.5. The molecule has 2 amide bonds. The number of amides is 2. The number of hydrogen-bond donors (Lipinski definition) is 2. The standard InChI is InChI=1S/C32H28ClN3O3/c33-29-18-24(34-31(37)27-12-6-5-11-26(27)22-8-2-1-3-9-22)14-15-28(29)32(38)36-20-25-21-39-17-16-35(25)19-23-10-4-7-13-30(23)36/h1-15,18,25H,16-17,19-21H2,(H,34,37)/p+1. The largest absolute Gasteiger partial charge is 0.369 e. The van der Waals surface area contributed by atoms with Crippen molar-refractivity contribution in [2.75, 3.05) is 36.5 Å². The number of nitrogens with one attached hydrogen (secondary N) is 2. The molecule has 7 heteroatoms. The molecule has 2 heterocycles. The van der Waals surface area contributed by atoms with E-state index in [2.05, 4.69) is 11.4 Å². The summed E-state index contributed by atoms with van der Waals surface area (Å²) in [5.74, 6) is -0.405. The fourth-order valence-corrected chi connectivity index (χ4v) is 5.77. The molecule has 196 valence electrons. The maximum absolute atomic E-state index is 13.9. The van der Waals surface area contributed by atoms with Crippen molar-refractivity contribution in [3.63, 3.8) is 0 Å². The molecule has 0 radical (unpaired) electrons. The molecule has 1 fully saturated rings. The summed E-state index contributed by atoms with van der Waals surface area (Å²) in [6, 6.07) is 30.6. The zero-order chi connectivity index (χ0) is 26.8. The first-order chi connectivity index (χ1) is 19.1. The van der Waals surface area contributed by atoms with E-state index >= 15 is 0 Å². The molecule has 6 nitrogen and oxygen atoms in total. The molecule has 1 saturated heterocycles. The average molecular weight is 539 g/mol. The monoisotopic (exact) mass is 538 g/mol. The van der Waals surface area contributed by atoms with E-state index in [0.29, 0.717) is 35.0 Å². The van der Waals surface area contributed by atoms with E-state index < -0.39 is 0 Å². The van der Waals surface area contributed by atoms with Crippen molar-refractivity contribution in [2.45, 2.75) is 12.6 Å². The normalized spacial score (nSPS) is 18.4. The lowest BCUT2D eigenvalue weighted by Gasteiger charge is -2.32. The van der Waals surface area contributed by atoms with Crippen LogP contribution in [-0.2, 0) is 11.3 Å². The van der Waals surface area contributed by atoms with E-state index in [1.54, 1.807) is 24.3 Å². The molecular formula is C32H29ClN3O3+. The predicted molar refractivity (Wildman–Crippen MR) is 154 cm³/mol. The summed E-state index contributed by atoms with van der Waals surface area (Å²) in [7, 11) is 0. The van der Waals surface area contributed by atoms with Gasteiger partial charge < -0.3 is 19.9 Å². The Kier molecular flexibility index (Phi) is 7.16. The Morgan fingerprint density at radius 1 is 0.897 bits per heavy atom. The highest BCUT2D eigenvalue weighted by molar-refractivity contribution is 6.35. The third kappa shape index (κ3) is 5.19. The zero-order valence-electron chi connectivity index (χ0n) is 21.4. The van der Waals surface area contributed by atoms with Crippen molar-refractivity contribution < 1.29 is 19.2 Å². The molecule has 0 spiro atoms. The number of para-hydroxylation sites is 1. The van der Waals surface area contributed by atoms with Crippen LogP contribution in [0.15, 0.2) is 97.1 Å². The fourth-order valence-electron chi connectivity index (χ4n) is 5.51. The fraction of sp³-hybridized carbons (Fsp3) is 0.188. The Morgan fingerprint density at radius 3 is 2.51 bits per heavy atom. The summed E-state index contributed by atoms with van der Waals surface area (Å²) in [5, 5.41) is 3.24. The van der Waals surface area contributed by atoms with Crippen molar-refractivity contribution in [3.05, 3.63) is 119 Å². The van der Waals surface area contributed by atoms with Gasteiger partial charge in [0.2, 0.25) is 0 Å². The van der Waals surface area contributed by atoms with Crippen LogP contribution in [0.2, 0.25) is 5.02 Å². The molecule has 0 aliphatic carbocycles. The second-order valence-corrected chi connectivity index (χ2v) is 10.4. The Hall–Kier alpha value is -3.97. The highest BCUT2D eigenvalue weighted by Gasteiger charge is 2.36. The van der Waals surface area contributed by atoms with E-state index in [-0.39, 0.29) is 17.9 Å². The van der Waals surface area contributed by atoms with Crippen LogP contribution >= 0.6 is 11.6 Å². The second kappa shape index (κ2) is 11.0. The first-order valence-electron chi connectivity index (χ1n) is 13.2. The number of morpholine rings is 1. The van der Waals surface area contributed by atoms with Gasteiger partial charge in [-0.05, 0) is 41.5 Å². The Bertz CT molecular complexity index is 1520. The second-order valence-electron chi connectivity index (χ2n) is 9.96. The number of hydrogen-bond acceptors (Lipinski definition) is 3. The summed E-state index contributed by atoms with van der Waals surface area (Å²) in [6.45, 7) is 3.68. The lowest BCUT2D eigenvalue weighted by atomic mass is 9.99. The van der Waals surface area contributed by atoms with Crippen molar-refractivity contribution in [2.24, 2.45) is 0 Å². The van der Waals surface area contributed by atoms with Gasteiger partial charge in [-0.3, -0.25) is 9.59 Å². The predicted octanol–water partition coefficient (Wildman–Crippen LogP) is 4.70. The van der Waals surface area contributed by atoms with Gasteiger partial charge in [0, 0.05) is 16.8 Å². The molecule has 2 aliphatic heterocycles. The Labute approximate surface area is 232 Å². The van der Waals surface area contributed by atoms with Gasteiger partial charge >= 0.3 is 0 Å². The van der Waals surface area contributed by atoms with Crippen molar-refractivity contribution in [1.29, 1.82) is 0 Å². The van der Waals surface area contributed by atoms with Crippen molar-refractivity contribution >= 4 is 34.8 Å². The molecule has 2 unspecified atom stereocenters. The minimum absolute atomic E-state index is 0.161. The van der Waals surface area contributed by atoms with Crippen molar-refractivity contribution in [3.8, 4) is 11.1 Å².